The predicted octanol–water partition coefficient (Wildman–Crippen LogP) is 6.76. The lowest BCUT2D eigenvalue weighted by atomic mass is 9.73. The molecule has 3 aliphatic carbocycles. The fourth-order valence-electron chi connectivity index (χ4n) is 4.32. The molecular formula is C31H40N2O2. The van der Waals surface area contributed by atoms with Gasteiger partial charge in [0, 0.05) is 11.1 Å². The minimum Gasteiger partial charge on any atom is -0.292 e. The molecule has 4 nitrogen and oxygen atoms in total. The Morgan fingerprint density at radius 3 is 1.49 bits per heavy atom. The topological polar surface area (TPSA) is 58.9 Å². The van der Waals surface area contributed by atoms with E-state index in [4.69, 9.17) is 9.98 Å². The molecule has 186 valence electrons. The van der Waals surface area contributed by atoms with Gasteiger partial charge in [-0.1, -0.05) is 92.2 Å². The molecule has 3 rings (SSSR count). The van der Waals surface area contributed by atoms with Crippen molar-refractivity contribution in [3.05, 3.63) is 70.9 Å². The van der Waals surface area contributed by atoms with E-state index in [2.05, 4.69) is 41.5 Å². The lowest BCUT2D eigenvalue weighted by Gasteiger charge is -2.32. The van der Waals surface area contributed by atoms with Crippen LogP contribution in [0.25, 0.3) is 0 Å². The summed E-state index contributed by atoms with van der Waals surface area (Å²) in [5.41, 5.74) is 4.28. The highest BCUT2D eigenvalue weighted by atomic mass is 16.1. The normalized spacial score (nSPS) is 26.1. The van der Waals surface area contributed by atoms with Gasteiger partial charge in [0.1, 0.15) is 12.1 Å². The average molecular weight is 473 g/mol. The number of allylic oxidation sites excluding steroid dienone is 8. The highest BCUT2D eigenvalue weighted by molar-refractivity contribution is 6.51. The Bertz CT molecular complexity index is 1170. The molecule has 0 heterocycles. The molecule has 0 spiro atoms. The molecule has 0 saturated carbocycles. The van der Waals surface area contributed by atoms with Gasteiger partial charge in [0.05, 0.1) is 11.4 Å². The van der Waals surface area contributed by atoms with E-state index in [1.165, 1.54) is 0 Å². The first-order chi connectivity index (χ1) is 16.0. The fraction of sp³-hybridized carbons (Fsp3) is 0.484. The van der Waals surface area contributed by atoms with Gasteiger partial charge in [-0.25, -0.2) is 0 Å². The first-order valence-electron chi connectivity index (χ1n) is 12.4. The Balaban J connectivity index is 2.04. The first kappa shape index (κ1) is 26.7. The summed E-state index contributed by atoms with van der Waals surface area (Å²) >= 11 is 0. The maximum atomic E-state index is 13.5. The molecule has 0 amide bonds. The van der Waals surface area contributed by atoms with Crippen LogP contribution in [0.1, 0.15) is 69.2 Å². The van der Waals surface area contributed by atoms with Gasteiger partial charge in [-0.05, 0) is 53.0 Å². The van der Waals surface area contributed by atoms with Gasteiger partial charge < -0.3 is 0 Å². The molecule has 0 aromatic rings. The molecular weight excluding hydrogens is 432 g/mol. The van der Waals surface area contributed by atoms with E-state index < -0.39 is 12.1 Å². The van der Waals surface area contributed by atoms with Gasteiger partial charge in [-0.2, -0.15) is 0 Å². The quantitative estimate of drug-likeness (QED) is 0.417. The molecule has 35 heavy (non-hydrogen) atoms. The van der Waals surface area contributed by atoms with Crippen LogP contribution in [0.4, 0.5) is 0 Å². The summed E-state index contributed by atoms with van der Waals surface area (Å²) in [6.07, 6.45) is 15.4. The summed E-state index contributed by atoms with van der Waals surface area (Å²) in [4.78, 5) is 36.5. The SMILES string of the molecule is CC1=CC(N=C2C=CC=CC2=NC2C=C(C(C)(C)C)C=C(C(C)(C)C)C2=O)C(=O)C(C(C)(C)C)=C1. The summed E-state index contributed by atoms with van der Waals surface area (Å²) in [6.45, 7) is 20.8. The van der Waals surface area contributed by atoms with Crippen LogP contribution in [0.2, 0.25) is 0 Å². The Morgan fingerprint density at radius 1 is 0.629 bits per heavy atom. The van der Waals surface area contributed by atoms with Crippen LogP contribution >= 0.6 is 0 Å². The van der Waals surface area contributed by atoms with Crippen LogP contribution in [0.3, 0.4) is 0 Å². The molecule has 0 aromatic carbocycles. The predicted molar refractivity (Wildman–Crippen MR) is 147 cm³/mol. The summed E-state index contributed by atoms with van der Waals surface area (Å²) in [6, 6.07) is -1.22. The Morgan fingerprint density at radius 2 is 1.06 bits per heavy atom. The van der Waals surface area contributed by atoms with Crippen molar-refractivity contribution >= 4 is 23.0 Å². The van der Waals surface area contributed by atoms with Gasteiger partial charge in [0.25, 0.3) is 0 Å². The highest BCUT2D eigenvalue weighted by Crippen LogP contribution is 2.38. The van der Waals surface area contributed by atoms with Gasteiger partial charge in [-0.3, -0.25) is 19.6 Å². The number of rotatable bonds is 2. The number of hydrogen-bond acceptors (Lipinski definition) is 4. The van der Waals surface area contributed by atoms with Crippen LogP contribution in [-0.4, -0.2) is 35.1 Å². The van der Waals surface area contributed by atoms with Crippen molar-refractivity contribution in [3.63, 3.8) is 0 Å². The smallest absolute Gasteiger partial charge is 0.187 e. The van der Waals surface area contributed by atoms with Crippen LogP contribution < -0.4 is 0 Å². The minimum atomic E-state index is -0.621. The van der Waals surface area contributed by atoms with Crippen molar-refractivity contribution in [2.45, 2.75) is 81.3 Å². The minimum absolute atomic E-state index is 0.0134. The number of aliphatic imine (C=N–C) groups is 2. The van der Waals surface area contributed by atoms with Crippen molar-refractivity contribution in [2.75, 3.05) is 0 Å². The van der Waals surface area contributed by atoms with E-state index in [9.17, 15) is 9.59 Å². The molecule has 2 atom stereocenters. The summed E-state index contributed by atoms with van der Waals surface area (Å²) in [5.74, 6) is 0.0299. The second-order valence-corrected chi connectivity index (χ2v) is 12.8. The highest BCUT2D eigenvalue weighted by Gasteiger charge is 2.35. The van der Waals surface area contributed by atoms with E-state index in [1.807, 2.05) is 76.3 Å². The van der Waals surface area contributed by atoms with Crippen molar-refractivity contribution in [2.24, 2.45) is 26.2 Å². The van der Waals surface area contributed by atoms with Crippen LogP contribution in [0.15, 0.2) is 80.9 Å². The van der Waals surface area contributed by atoms with Crippen LogP contribution in [0.5, 0.6) is 0 Å². The third-order valence-electron chi connectivity index (χ3n) is 6.42. The summed E-state index contributed by atoms with van der Waals surface area (Å²) in [7, 11) is 0. The van der Waals surface area contributed by atoms with E-state index in [0.717, 1.165) is 22.3 Å². The zero-order valence-electron chi connectivity index (χ0n) is 23.0. The standard InChI is InChI=1S/C31H40N2O2/c1-19-15-21(30(5,6)7)27(34)25(16-19)32-23-13-11-12-14-24(23)33-26-18-20(29(2,3)4)17-22(28(26)35)31(8,9)10/h11-18,25-26H,1-10H3. The molecule has 3 aliphatic rings. The summed E-state index contributed by atoms with van der Waals surface area (Å²) < 4.78 is 0. The number of ketones is 2. The van der Waals surface area contributed by atoms with E-state index in [0.29, 0.717) is 11.4 Å². The Kier molecular flexibility index (Phi) is 7.09. The van der Waals surface area contributed by atoms with E-state index in [1.54, 1.807) is 0 Å². The maximum absolute atomic E-state index is 13.5. The maximum Gasteiger partial charge on any atom is 0.187 e. The number of Topliss-reactive ketones (excluding diaryl/α,β-unsaturated/α-hetero) is 2. The molecule has 0 aromatic heterocycles. The molecule has 0 aliphatic heterocycles. The first-order valence-corrected chi connectivity index (χ1v) is 12.4. The number of nitrogens with zero attached hydrogens (tertiary/aromatic N) is 2. The second kappa shape index (κ2) is 9.29. The van der Waals surface area contributed by atoms with Crippen LogP contribution in [0, 0.1) is 16.2 Å². The molecule has 0 N–H and O–H groups in total. The van der Waals surface area contributed by atoms with Crippen molar-refractivity contribution < 1.29 is 9.59 Å². The molecule has 2 unspecified atom stereocenters. The van der Waals surface area contributed by atoms with Gasteiger partial charge in [0.15, 0.2) is 11.6 Å². The fourth-order valence-corrected chi connectivity index (χ4v) is 4.32. The van der Waals surface area contributed by atoms with Crippen molar-refractivity contribution in [1.82, 2.24) is 0 Å². The second-order valence-electron chi connectivity index (χ2n) is 12.8. The molecule has 0 fully saturated rings. The zero-order chi connectivity index (χ0) is 26.3. The summed E-state index contributed by atoms with van der Waals surface area (Å²) in [5, 5.41) is 0. The third-order valence-corrected chi connectivity index (χ3v) is 6.42. The van der Waals surface area contributed by atoms with Gasteiger partial charge in [-0.15, -0.1) is 0 Å². The average Bonchev–Trinajstić information content (AvgIpc) is 2.70. The van der Waals surface area contributed by atoms with E-state index in [-0.39, 0.29) is 27.8 Å². The van der Waals surface area contributed by atoms with Gasteiger partial charge in [0.2, 0.25) is 0 Å². The zero-order valence-corrected chi connectivity index (χ0v) is 23.0. The molecule has 0 bridgehead atoms. The molecule has 0 radical (unpaired) electrons. The Labute approximate surface area is 211 Å². The lowest BCUT2D eigenvalue weighted by Crippen LogP contribution is -2.33. The molecule has 0 saturated heterocycles. The van der Waals surface area contributed by atoms with Gasteiger partial charge >= 0.3 is 0 Å². The lowest BCUT2D eigenvalue weighted by molar-refractivity contribution is -0.117. The number of carbonyl (C=O) groups is 2. The number of carbonyl (C=O) groups excluding carboxylic acids is 2. The van der Waals surface area contributed by atoms with Crippen molar-refractivity contribution in [1.29, 1.82) is 0 Å². The van der Waals surface area contributed by atoms with Crippen molar-refractivity contribution in [3.8, 4) is 0 Å². The third kappa shape index (κ3) is 6.04. The number of hydrogen-bond donors (Lipinski definition) is 0. The van der Waals surface area contributed by atoms with E-state index >= 15 is 0 Å². The largest absolute Gasteiger partial charge is 0.292 e. The van der Waals surface area contributed by atoms with Crippen LogP contribution in [-0.2, 0) is 9.59 Å². The molecule has 4 heteroatoms. The Hall–Kier alpha value is -2.88. The monoisotopic (exact) mass is 472 g/mol.